The molecule has 0 saturated carbocycles. The third-order valence-corrected chi connectivity index (χ3v) is 2.75. The van der Waals surface area contributed by atoms with E-state index in [9.17, 15) is 0 Å². The molecule has 1 aromatic heterocycles. The number of aromatic nitrogens is 1. The molecule has 1 rings (SSSR count). The molecule has 108 valence electrons. The van der Waals surface area contributed by atoms with E-state index in [-0.39, 0.29) is 6.10 Å². The molecule has 0 aliphatic carbocycles. The van der Waals surface area contributed by atoms with Gasteiger partial charge in [-0.2, -0.15) is 0 Å². The van der Waals surface area contributed by atoms with Crippen LogP contribution in [0.5, 0.6) is 0 Å². The Morgan fingerprint density at radius 2 is 2.00 bits per heavy atom. The molecule has 0 saturated heterocycles. The standard InChI is InChI=1S/C15H27N3O/c1-12(2)16-11-14-7-6-8-15(17-14)18(5)9-10-19-13(3)4/h6-8,12-13,16H,9-11H2,1-5H3. The Morgan fingerprint density at radius 3 is 2.63 bits per heavy atom. The average molecular weight is 265 g/mol. The quantitative estimate of drug-likeness (QED) is 0.783. The van der Waals surface area contributed by atoms with E-state index < -0.39 is 0 Å². The molecule has 0 radical (unpaired) electrons. The van der Waals surface area contributed by atoms with Gasteiger partial charge in [-0.15, -0.1) is 0 Å². The lowest BCUT2D eigenvalue weighted by atomic mass is 10.3. The van der Waals surface area contributed by atoms with Crippen molar-refractivity contribution in [2.45, 2.75) is 46.4 Å². The van der Waals surface area contributed by atoms with E-state index in [1.807, 2.05) is 13.1 Å². The minimum atomic E-state index is 0.280. The van der Waals surface area contributed by atoms with Gasteiger partial charge in [0.25, 0.3) is 0 Å². The Kier molecular flexibility index (Phi) is 6.81. The maximum Gasteiger partial charge on any atom is 0.128 e. The van der Waals surface area contributed by atoms with Crippen LogP contribution >= 0.6 is 0 Å². The zero-order valence-corrected chi connectivity index (χ0v) is 12.8. The van der Waals surface area contributed by atoms with E-state index >= 15 is 0 Å². The number of rotatable bonds is 8. The van der Waals surface area contributed by atoms with E-state index in [0.29, 0.717) is 6.04 Å². The summed E-state index contributed by atoms with van der Waals surface area (Å²) in [4.78, 5) is 6.78. The highest BCUT2D eigenvalue weighted by Gasteiger charge is 2.04. The second-order valence-corrected chi connectivity index (χ2v) is 5.36. The van der Waals surface area contributed by atoms with Crippen LogP contribution < -0.4 is 10.2 Å². The van der Waals surface area contributed by atoms with Gasteiger partial charge in [0.1, 0.15) is 5.82 Å². The van der Waals surface area contributed by atoms with E-state index in [4.69, 9.17) is 4.74 Å². The van der Waals surface area contributed by atoms with Gasteiger partial charge >= 0.3 is 0 Å². The summed E-state index contributed by atoms with van der Waals surface area (Å²) in [7, 11) is 2.05. The molecule has 1 N–H and O–H groups in total. The van der Waals surface area contributed by atoms with Gasteiger partial charge in [0.05, 0.1) is 18.4 Å². The van der Waals surface area contributed by atoms with E-state index in [0.717, 1.165) is 31.2 Å². The zero-order valence-electron chi connectivity index (χ0n) is 12.8. The van der Waals surface area contributed by atoms with Gasteiger partial charge in [-0.3, -0.25) is 0 Å². The SMILES string of the molecule is CC(C)NCc1cccc(N(C)CCOC(C)C)n1. The van der Waals surface area contributed by atoms with Crippen LogP contribution in [0.4, 0.5) is 5.82 Å². The second kappa shape index (κ2) is 8.12. The first-order valence-corrected chi connectivity index (χ1v) is 7.01. The Labute approximate surface area is 117 Å². The van der Waals surface area contributed by atoms with Crippen molar-refractivity contribution in [3.8, 4) is 0 Å². The maximum atomic E-state index is 5.56. The zero-order chi connectivity index (χ0) is 14.3. The molecule has 0 aliphatic heterocycles. The molecule has 19 heavy (non-hydrogen) atoms. The molecule has 4 nitrogen and oxygen atoms in total. The molecule has 0 atom stereocenters. The number of nitrogens with one attached hydrogen (secondary N) is 1. The van der Waals surface area contributed by atoms with Gasteiger partial charge in [-0.1, -0.05) is 19.9 Å². The lowest BCUT2D eigenvalue weighted by Gasteiger charge is -2.19. The Balaban J connectivity index is 2.50. The summed E-state index contributed by atoms with van der Waals surface area (Å²) in [6, 6.07) is 6.62. The summed E-state index contributed by atoms with van der Waals surface area (Å²) < 4.78 is 5.56. The molecule has 0 bridgehead atoms. The molecule has 0 aliphatic rings. The number of pyridine rings is 1. The van der Waals surface area contributed by atoms with Crippen molar-refractivity contribution >= 4 is 5.82 Å². The monoisotopic (exact) mass is 265 g/mol. The lowest BCUT2D eigenvalue weighted by Crippen LogP contribution is -2.26. The van der Waals surface area contributed by atoms with Crippen LogP contribution in [-0.4, -0.2) is 37.3 Å². The fourth-order valence-corrected chi connectivity index (χ4v) is 1.63. The predicted molar refractivity (Wildman–Crippen MR) is 80.6 cm³/mol. The Bertz CT molecular complexity index is 366. The predicted octanol–water partition coefficient (Wildman–Crippen LogP) is 2.44. The molecule has 0 fully saturated rings. The summed E-state index contributed by atoms with van der Waals surface area (Å²) >= 11 is 0. The number of anilines is 1. The number of ether oxygens (including phenoxy) is 1. The molecule has 1 heterocycles. The average Bonchev–Trinajstić information content (AvgIpc) is 2.36. The van der Waals surface area contributed by atoms with Gasteiger partial charge in [0.15, 0.2) is 0 Å². The highest BCUT2D eigenvalue weighted by atomic mass is 16.5. The van der Waals surface area contributed by atoms with E-state index in [1.165, 1.54) is 0 Å². The van der Waals surface area contributed by atoms with E-state index in [2.05, 4.69) is 55.0 Å². The van der Waals surface area contributed by atoms with Crippen LogP contribution in [-0.2, 0) is 11.3 Å². The lowest BCUT2D eigenvalue weighted by molar-refractivity contribution is 0.0845. The van der Waals surface area contributed by atoms with Crippen LogP contribution in [0.15, 0.2) is 18.2 Å². The summed E-state index contributed by atoms with van der Waals surface area (Å²) in [5.41, 5.74) is 1.07. The van der Waals surface area contributed by atoms with Crippen molar-refractivity contribution < 1.29 is 4.74 Å². The fourth-order valence-electron chi connectivity index (χ4n) is 1.63. The smallest absolute Gasteiger partial charge is 0.128 e. The summed E-state index contributed by atoms with van der Waals surface area (Å²) in [6.45, 7) is 10.8. The summed E-state index contributed by atoms with van der Waals surface area (Å²) in [5.74, 6) is 0.996. The van der Waals surface area contributed by atoms with Crippen molar-refractivity contribution in [3.05, 3.63) is 23.9 Å². The van der Waals surface area contributed by atoms with Crippen LogP contribution in [0.1, 0.15) is 33.4 Å². The van der Waals surface area contributed by atoms with Gasteiger partial charge in [0, 0.05) is 26.2 Å². The number of hydrogen-bond acceptors (Lipinski definition) is 4. The summed E-state index contributed by atoms with van der Waals surface area (Å²) in [6.07, 6.45) is 0.280. The van der Waals surface area contributed by atoms with Crippen molar-refractivity contribution in [3.63, 3.8) is 0 Å². The maximum absolute atomic E-state index is 5.56. The first-order chi connectivity index (χ1) is 8.99. The topological polar surface area (TPSA) is 37.4 Å². The minimum absolute atomic E-state index is 0.280. The van der Waals surface area contributed by atoms with Crippen LogP contribution in [0.2, 0.25) is 0 Å². The first kappa shape index (κ1) is 15.9. The number of hydrogen-bond donors (Lipinski definition) is 1. The van der Waals surface area contributed by atoms with Crippen molar-refractivity contribution in [2.75, 3.05) is 25.1 Å². The van der Waals surface area contributed by atoms with Gasteiger partial charge in [-0.05, 0) is 26.0 Å². The molecule has 1 aromatic rings. The minimum Gasteiger partial charge on any atom is -0.377 e. The highest BCUT2D eigenvalue weighted by molar-refractivity contribution is 5.38. The molecular formula is C15H27N3O. The normalized spacial score (nSPS) is 11.3. The second-order valence-electron chi connectivity index (χ2n) is 5.36. The Morgan fingerprint density at radius 1 is 1.26 bits per heavy atom. The van der Waals surface area contributed by atoms with Crippen LogP contribution in [0.25, 0.3) is 0 Å². The van der Waals surface area contributed by atoms with Crippen molar-refractivity contribution in [1.29, 1.82) is 0 Å². The molecular weight excluding hydrogens is 238 g/mol. The highest BCUT2D eigenvalue weighted by Crippen LogP contribution is 2.09. The van der Waals surface area contributed by atoms with Crippen LogP contribution in [0, 0.1) is 0 Å². The molecule has 0 amide bonds. The number of nitrogens with zero attached hydrogens (tertiary/aromatic N) is 2. The first-order valence-electron chi connectivity index (χ1n) is 7.01. The number of likely N-dealkylation sites (N-methyl/N-ethyl adjacent to an activating group) is 1. The molecule has 0 unspecified atom stereocenters. The fraction of sp³-hybridized carbons (Fsp3) is 0.667. The third kappa shape index (κ3) is 6.55. The van der Waals surface area contributed by atoms with Crippen molar-refractivity contribution in [2.24, 2.45) is 0 Å². The van der Waals surface area contributed by atoms with Gasteiger partial charge in [-0.25, -0.2) is 4.98 Å². The van der Waals surface area contributed by atoms with Gasteiger partial charge in [0.2, 0.25) is 0 Å². The summed E-state index contributed by atoms with van der Waals surface area (Å²) in [5, 5.41) is 3.38. The van der Waals surface area contributed by atoms with E-state index in [1.54, 1.807) is 0 Å². The molecule has 0 aromatic carbocycles. The molecule has 4 heteroatoms. The van der Waals surface area contributed by atoms with Crippen molar-refractivity contribution in [1.82, 2.24) is 10.3 Å². The largest absolute Gasteiger partial charge is 0.377 e. The molecule has 0 spiro atoms. The third-order valence-electron chi connectivity index (χ3n) is 2.75. The van der Waals surface area contributed by atoms with Gasteiger partial charge < -0.3 is 15.0 Å². The van der Waals surface area contributed by atoms with Crippen LogP contribution in [0.3, 0.4) is 0 Å². The Hall–Kier alpha value is -1.13.